The van der Waals surface area contributed by atoms with Crippen LogP contribution in [-0.4, -0.2) is 12.5 Å². The first-order valence-electron chi connectivity index (χ1n) is 6.61. The van der Waals surface area contributed by atoms with E-state index in [1.165, 1.54) is 0 Å². The van der Waals surface area contributed by atoms with E-state index in [-0.39, 0.29) is 5.91 Å². The molecule has 0 spiro atoms. The van der Waals surface area contributed by atoms with Gasteiger partial charge in [0.15, 0.2) is 0 Å². The number of benzene rings is 2. The van der Waals surface area contributed by atoms with Gasteiger partial charge < -0.3 is 10.6 Å². The Bertz CT molecular complexity index is 669. The molecule has 0 unspecified atom stereocenters. The van der Waals surface area contributed by atoms with Crippen molar-refractivity contribution in [1.82, 2.24) is 0 Å². The van der Waals surface area contributed by atoms with E-state index < -0.39 is 0 Å². The van der Waals surface area contributed by atoms with E-state index in [0.717, 1.165) is 45.5 Å². The predicted molar refractivity (Wildman–Crippen MR) is 90.0 cm³/mol. The molecule has 20 heavy (non-hydrogen) atoms. The molecule has 4 heteroatoms. The summed E-state index contributed by atoms with van der Waals surface area (Å²) in [6.07, 6.45) is 1.96. The minimum absolute atomic E-state index is 0.0701. The van der Waals surface area contributed by atoms with E-state index >= 15 is 0 Å². The number of amides is 1. The summed E-state index contributed by atoms with van der Waals surface area (Å²) in [5.41, 5.74) is 9.51. The van der Waals surface area contributed by atoms with Gasteiger partial charge in [-0.25, -0.2) is 0 Å². The van der Waals surface area contributed by atoms with Crippen LogP contribution in [0.4, 0.5) is 11.4 Å². The molecule has 0 radical (unpaired) electrons. The lowest BCUT2D eigenvalue weighted by atomic mass is 10.00. The molecule has 0 saturated carbocycles. The first-order valence-corrected chi connectivity index (χ1v) is 7.69. The zero-order valence-corrected chi connectivity index (χ0v) is 13.1. The largest absolute Gasteiger partial charge is 0.399 e. The summed E-state index contributed by atoms with van der Waals surface area (Å²) in [6.45, 7) is 0.765. The van der Waals surface area contributed by atoms with Gasteiger partial charge in [0, 0.05) is 21.5 Å². The minimum Gasteiger partial charge on any atom is -0.399 e. The normalized spacial score (nSPS) is 13.9. The van der Waals surface area contributed by atoms with Crippen molar-refractivity contribution in [3.63, 3.8) is 0 Å². The SMILES string of the molecule is Nc1ccc2c(c1)CCCN2C(=O)c1ccccc1I. The molecule has 1 aliphatic heterocycles. The number of aryl methyl sites for hydroxylation is 1. The molecule has 0 atom stereocenters. The van der Waals surface area contributed by atoms with Gasteiger partial charge in [-0.2, -0.15) is 0 Å². The fourth-order valence-electron chi connectivity index (χ4n) is 2.61. The molecule has 102 valence electrons. The predicted octanol–water partition coefficient (Wildman–Crippen LogP) is 3.47. The van der Waals surface area contributed by atoms with E-state index in [1.54, 1.807) is 0 Å². The van der Waals surface area contributed by atoms with Crippen molar-refractivity contribution < 1.29 is 4.79 Å². The Balaban J connectivity index is 2.01. The van der Waals surface area contributed by atoms with Crippen LogP contribution in [0, 0.1) is 3.57 Å². The number of halogens is 1. The fraction of sp³-hybridized carbons (Fsp3) is 0.188. The third-order valence-corrected chi connectivity index (χ3v) is 4.51. The summed E-state index contributed by atoms with van der Waals surface area (Å²) in [6, 6.07) is 13.5. The van der Waals surface area contributed by atoms with Crippen molar-refractivity contribution in [3.05, 3.63) is 57.2 Å². The summed E-state index contributed by atoms with van der Waals surface area (Å²) < 4.78 is 0.984. The van der Waals surface area contributed by atoms with E-state index in [1.807, 2.05) is 47.4 Å². The number of carbonyl (C=O) groups is 1. The molecule has 0 bridgehead atoms. The van der Waals surface area contributed by atoms with Crippen LogP contribution in [0.5, 0.6) is 0 Å². The van der Waals surface area contributed by atoms with Crippen LogP contribution in [0.2, 0.25) is 0 Å². The topological polar surface area (TPSA) is 46.3 Å². The Morgan fingerprint density at radius 1 is 1.20 bits per heavy atom. The van der Waals surface area contributed by atoms with Crippen molar-refractivity contribution in [1.29, 1.82) is 0 Å². The van der Waals surface area contributed by atoms with Crippen molar-refractivity contribution >= 4 is 39.9 Å². The first-order chi connectivity index (χ1) is 9.66. The molecule has 1 amide bonds. The summed E-state index contributed by atoms with van der Waals surface area (Å²) >= 11 is 2.21. The summed E-state index contributed by atoms with van der Waals surface area (Å²) in [7, 11) is 0. The molecule has 2 N–H and O–H groups in total. The number of carbonyl (C=O) groups excluding carboxylic acids is 1. The zero-order chi connectivity index (χ0) is 14.1. The maximum atomic E-state index is 12.8. The Labute approximate surface area is 131 Å². The minimum atomic E-state index is 0.0701. The van der Waals surface area contributed by atoms with E-state index in [4.69, 9.17) is 5.73 Å². The lowest BCUT2D eigenvalue weighted by Crippen LogP contribution is -2.35. The van der Waals surface area contributed by atoms with Gasteiger partial charge in [0.2, 0.25) is 0 Å². The van der Waals surface area contributed by atoms with Crippen molar-refractivity contribution in [2.45, 2.75) is 12.8 Å². The second kappa shape index (κ2) is 5.44. The van der Waals surface area contributed by atoms with Gasteiger partial charge in [-0.15, -0.1) is 0 Å². The second-order valence-electron chi connectivity index (χ2n) is 4.93. The van der Waals surface area contributed by atoms with Crippen LogP contribution >= 0.6 is 22.6 Å². The number of nitrogens with zero attached hydrogens (tertiary/aromatic N) is 1. The molecule has 0 aromatic heterocycles. The number of nitrogens with two attached hydrogens (primary N) is 1. The number of hydrogen-bond donors (Lipinski definition) is 1. The lowest BCUT2D eigenvalue weighted by Gasteiger charge is -2.30. The van der Waals surface area contributed by atoms with E-state index in [9.17, 15) is 4.79 Å². The molecule has 1 aliphatic rings. The summed E-state index contributed by atoms with van der Waals surface area (Å²) in [5, 5.41) is 0. The van der Waals surface area contributed by atoms with Crippen LogP contribution in [-0.2, 0) is 6.42 Å². The smallest absolute Gasteiger partial charge is 0.259 e. The first kappa shape index (κ1) is 13.4. The molecule has 1 heterocycles. The van der Waals surface area contributed by atoms with Crippen molar-refractivity contribution in [2.75, 3.05) is 17.2 Å². The van der Waals surface area contributed by atoms with Gasteiger partial charge in [-0.05, 0) is 71.3 Å². The van der Waals surface area contributed by atoms with Gasteiger partial charge in [0.05, 0.1) is 5.56 Å². The molecule has 2 aromatic rings. The highest BCUT2D eigenvalue weighted by Crippen LogP contribution is 2.30. The maximum Gasteiger partial charge on any atom is 0.259 e. The van der Waals surface area contributed by atoms with Crippen LogP contribution in [0.1, 0.15) is 22.3 Å². The third kappa shape index (κ3) is 2.40. The quantitative estimate of drug-likeness (QED) is 0.610. The average Bonchev–Trinajstić information content (AvgIpc) is 2.46. The number of nitrogen functional groups attached to an aromatic ring is 1. The third-order valence-electron chi connectivity index (χ3n) is 3.57. The summed E-state index contributed by atoms with van der Waals surface area (Å²) in [4.78, 5) is 14.6. The Morgan fingerprint density at radius 2 is 2.00 bits per heavy atom. The molecular weight excluding hydrogens is 363 g/mol. The Morgan fingerprint density at radius 3 is 2.80 bits per heavy atom. The molecule has 0 aliphatic carbocycles. The van der Waals surface area contributed by atoms with Crippen molar-refractivity contribution in [3.8, 4) is 0 Å². The van der Waals surface area contributed by atoms with E-state index in [2.05, 4.69) is 22.6 Å². The highest BCUT2D eigenvalue weighted by molar-refractivity contribution is 14.1. The molecule has 0 fully saturated rings. The van der Waals surface area contributed by atoms with Crippen LogP contribution in [0.15, 0.2) is 42.5 Å². The van der Waals surface area contributed by atoms with Gasteiger partial charge in [0.1, 0.15) is 0 Å². The average molecular weight is 378 g/mol. The highest BCUT2D eigenvalue weighted by Gasteiger charge is 2.24. The summed E-state index contributed by atoms with van der Waals surface area (Å²) in [5.74, 6) is 0.0701. The molecule has 2 aromatic carbocycles. The molecule has 0 saturated heterocycles. The van der Waals surface area contributed by atoms with Gasteiger partial charge in [-0.3, -0.25) is 4.79 Å². The lowest BCUT2D eigenvalue weighted by molar-refractivity contribution is 0.0984. The van der Waals surface area contributed by atoms with Gasteiger partial charge >= 0.3 is 0 Å². The number of anilines is 2. The fourth-order valence-corrected chi connectivity index (χ4v) is 3.23. The Hall–Kier alpha value is -1.56. The van der Waals surface area contributed by atoms with Crippen LogP contribution in [0.25, 0.3) is 0 Å². The second-order valence-corrected chi connectivity index (χ2v) is 6.09. The molecule has 3 nitrogen and oxygen atoms in total. The number of rotatable bonds is 1. The zero-order valence-electron chi connectivity index (χ0n) is 11.0. The van der Waals surface area contributed by atoms with Crippen LogP contribution in [0.3, 0.4) is 0 Å². The number of hydrogen-bond acceptors (Lipinski definition) is 2. The Kier molecular flexibility index (Phi) is 3.65. The standard InChI is InChI=1S/C16H15IN2O/c17-14-6-2-1-5-13(14)16(20)19-9-3-4-11-10-12(18)7-8-15(11)19/h1-2,5-8,10H,3-4,9,18H2. The monoisotopic (exact) mass is 378 g/mol. The van der Waals surface area contributed by atoms with Crippen LogP contribution < -0.4 is 10.6 Å². The highest BCUT2D eigenvalue weighted by atomic mass is 127. The van der Waals surface area contributed by atoms with Gasteiger partial charge in [-0.1, -0.05) is 12.1 Å². The maximum absolute atomic E-state index is 12.8. The number of fused-ring (bicyclic) bond motifs is 1. The van der Waals surface area contributed by atoms with E-state index in [0.29, 0.717) is 0 Å². The van der Waals surface area contributed by atoms with Crippen molar-refractivity contribution in [2.24, 2.45) is 0 Å². The molecule has 3 rings (SSSR count). The van der Waals surface area contributed by atoms with Gasteiger partial charge in [0.25, 0.3) is 5.91 Å². The molecular formula is C16H15IN2O.